The molecule has 130 valence electrons. The highest BCUT2D eigenvalue weighted by atomic mass is 127. The summed E-state index contributed by atoms with van der Waals surface area (Å²) in [4.78, 5) is 23.2. The molecule has 2 aromatic rings. The Morgan fingerprint density at radius 3 is 2.16 bits per heavy atom. The number of ether oxygens (including phenoxy) is 1. The molecule has 1 atom stereocenters. The van der Waals surface area contributed by atoms with Crippen LogP contribution in [0.3, 0.4) is 0 Å². The summed E-state index contributed by atoms with van der Waals surface area (Å²) in [7, 11) is 0. The average molecular weight is 451 g/mol. The number of alkyl carbamates (subject to hydrolysis) is 1. The number of nitrogens with one attached hydrogen (secondary N) is 1. The van der Waals surface area contributed by atoms with Crippen LogP contribution >= 0.6 is 22.6 Å². The van der Waals surface area contributed by atoms with E-state index in [1.54, 1.807) is 0 Å². The third-order valence-electron chi connectivity index (χ3n) is 4.33. The van der Waals surface area contributed by atoms with E-state index in [1.165, 1.54) is 0 Å². The molecule has 0 fully saturated rings. The normalized spacial score (nSPS) is 13.6. The Hall–Kier alpha value is -2.09. The third kappa shape index (κ3) is 3.78. The number of carboxylic acids is 1. The van der Waals surface area contributed by atoms with Crippen LogP contribution < -0.4 is 5.32 Å². The van der Waals surface area contributed by atoms with E-state index in [9.17, 15) is 9.59 Å². The molecule has 1 aliphatic rings. The molecule has 3 rings (SSSR count). The fraction of sp³-hybridized carbons (Fsp3) is 0.263. The highest BCUT2D eigenvalue weighted by Gasteiger charge is 2.29. The summed E-state index contributed by atoms with van der Waals surface area (Å²) < 4.78 is 5.99. The maximum atomic E-state index is 12.0. The lowest BCUT2D eigenvalue weighted by Gasteiger charge is -2.17. The summed E-state index contributed by atoms with van der Waals surface area (Å²) >= 11 is 2.08. The number of carbonyl (C=O) groups excluding carboxylic acids is 1. The van der Waals surface area contributed by atoms with Gasteiger partial charge >= 0.3 is 12.1 Å². The minimum absolute atomic E-state index is 0.0361. The summed E-state index contributed by atoms with van der Waals surface area (Å²) in [6.45, 7) is 0.177. The Labute approximate surface area is 159 Å². The van der Waals surface area contributed by atoms with E-state index in [-0.39, 0.29) is 12.5 Å². The van der Waals surface area contributed by atoms with Crippen molar-refractivity contribution in [2.24, 2.45) is 0 Å². The van der Waals surface area contributed by atoms with E-state index in [0.717, 1.165) is 22.3 Å². The van der Waals surface area contributed by atoms with Crippen LogP contribution in [0.15, 0.2) is 48.5 Å². The zero-order valence-corrected chi connectivity index (χ0v) is 15.6. The number of fused-ring (bicyclic) bond motifs is 3. The van der Waals surface area contributed by atoms with Crippen molar-refractivity contribution in [1.29, 1.82) is 0 Å². The molecular formula is C19H18INO4. The maximum Gasteiger partial charge on any atom is 0.407 e. The predicted octanol–water partition coefficient (Wildman–Crippen LogP) is 3.80. The van der Waals surface area contributed by atoms with Gasteiger partial charge in [0.05, 0.1) is 0 Å². The van der Waals surface area contributed by atoms with Crippen molar-refractivity contribution in [2.75, 3.05) is 11.0 Å². The van der Waals surface area contributed by atoms with Gasteiger partial charge < -0.3 is 15.2 Å². The fourth-order valence-electron chi connectivity index (χ4n) is 3.15. The number of aliphatic carboxylic acids is 1. The quantitative estimate of drug-likeness (QED) is 0.518. The van der Waals surface area contributed by atoms with Crippen molar-refractivity contribution in [3.05, 3.63) is 59.7 Å². The highest BCUT2D eigenvalue weighted by Crippen LogP contribution is 2.44. The molecule has 2 N–H and O–H groups in total. The smallest absolute Gasteiger partial charge is 0.407 e. The zero-order valence-electron chi connectivity index (χ0n) is 13.4. The summed E-state index contributed by atoms with van der Waals surface area (Å²) in [5.74, 6) is -1.09. The van der Waals surface area contributed by atoms with Crippen LogP contribution in [0.2, 0.25) is 0 Å². The Bertz CT molecular complexity index is 747. The summed E-state index contributed by atoms with van der Waals surface area (Å²) in [5.41, 5.74) is 4.55. The minimum Gasteiger partial charge on any atom is -0.480 e. The van der Waals surface area contributed by atoms with E-state index >= 15 is 0 Å². The lowest BCUT2D eigenvalue weighted by molar-refractivity contribution is -0.139. The monoisotopic (exact) mass is 451 g/mol. The van der Waals surface area contributed by atoms with Gasteiger partial charge in [-0.2, -0.15) is 0 Å². The molecular weight excluding hydrogens is 433 g/mol. The van der Waals surface area contributed by atoms with E-state index in [4.69, 9.17) is 9.84 Å². The molecule has 6 heteroatoms. The summed E-state index contributed by atoms with van der Waals surface area (Å²) in [6, 6.07) is 15.2. The van der Waals surface area contributed by atoms with E-state index in [2.05, 4.69) is 40.0 Å². The lowest BCUT2D eigenvalue weighted by atomic mass is 9.98. The Morgan fingerprint density at radius 2 is 1.64 bits per heavy atom. The summed E-state index contributed by atoms with van der Waals surface area (Å²) in [6.07, 6.45) is -0.334. The molecule has 25 heavy (non-hydrogen) atoms. The number of carbonyl (C=O) groups is 2. The SMILES string of the molecule is O=C(N[C@@H](CCI)C(=O)O)OCC1c2ccccc2-c2ccccc21. The number of halogens is 1. The van der Waals surface area contributed by atoms with E-state index in [1.807, 2.05) is 36.4 Å². The molecule has 1 aliphatic carbocycles. The van der Waals surface area contributed by atoms with Gasteiger partial charge in [0.2, 0.25) is 0 Å². The number of hydrogen-bond acceptors (Lipinski definition) is 3. The van der Waals surface area contributed by atoms with Crippen molar-refractivity contribution in [1.82, 2.24) is 5.32 Å². The van der Waals surface area contributed by atoms with Crippen molar-refractivity contribution in [3.63, 3.8) is 0 Å². The molecule has 0 aliphatic heterocycles. The molecule has 2 aromatic carbocycles. The third-order valence-corrected chi connectivity index (χ3v) is 4.95. The van der Waals surface area contributed by atoms with Crippen molar-refractivity contribution in [2.45, 2.75) is 18.4 Å². The van der Waals surface area contributed by atoms with Gasteiger partial charge in [0.25, 0.3) is 0 Å². The minimum atomic E-state index is -1.05. The van der Waals surface area contributed by atoms with Gasteiger partial charge in [0, 0.05) is 10.3 Å². The average Bonchev–Trinajstić information content (AvgIpc) is 2.93. The van der Waals surface area contributed by atoms with Gasteiger partial charge in [-0.1, -0.05) is 71.1 Å². The number of alkyl halides is 1. The van der Waals surface area contributed by atoms with Crippen LogP contribution in [0.4, 0.5) is 4.79 Å². The molecule has 0 aromatic heterocycles. The van der Waals surface area contributed by atoms with Crippen LogP contribution in [0, 0.1) is 0 Å². The van der Waals surface area contributed by atoms with Crippen LogP contribution in [-0.2, 0) is 9.53 Å². The van der Waals surface area contributed by atoms with Crippen LogP contribution in [0.5, 0.6) is 0 Å². The second-order valence-corrected chi connectivity index (χ2v) is 6.92. The Morgan fingerprint density at radius 1 is 1.08 bits per heavy atom. The van der Waals surface area contributed by atoms with Gasteiger partial charge in [0.15, 0.2) is 0 Å². The molecule has 0 bridgehead atoms. The molecule has 0 spiro atoms. The van der Waals surface area contributed by atoms with Crippen LogP contribution in [-0.4, -0.2) is 34.2 Å². The standard InChI is InChI=1S/C19H18INO4/c20-10-9-17(18(22)23)21-19(24)25-11-16-14-7-3-1-5-12(14)13-6-2-4-8-15(13)16/h1-8,16-17H,9-11H2,(H,21,24)(H,22,23)/t17-/m0/s1. The predicted molar refractivity (Wildman–Crippen MR) is 103 cm³/mol. The highest BCUT2D eigenvalue weighted by molar-refractivity contribution is 14.1. The molecule has 5 nitrogen and oxygen atoms in total. The van der Waals surface area contributed by atoms with Gasteiger partial charge in [0.1, 0.15) is 12.6 Å². The number of carboxylic acid groups (broad SMARTS) is 1. The maximum absolute atomic E-state index is 12.0. The van der Waals surface area contributed by atoms with Crippen LogP contribution in [0.25, 0.3) is 11.1 Å². The van der Waals surface area contributed by atoms with Crippen molar-refractivity contribution >= 4 is 34.7 Å². The molecule has 0 saturated carbocycles. The number of hydrogen-bond donors (Lipinski definition) is 2. The molecule has 0 saturated heterocycles. The first-order chi connectivity index (χ1) is 12.1. The lowest BCUT2D eigenvalue weighted by Crippen LogP contribution is -2.41. The van der Waals surface area contributed by atoms with Gasteiger partial charge in [-0.05, 0) is 28.7 Å². The summed E-state index contributed by atoms with van der Waals surface area (Å²) in [5, 5.41) is 11.5. The molecule has 1 amide bonds. The van der Waals surface area contributed by atoms with Crippen LogP contribution in [0.1, 0.15) is 23.5 Å². The van der Waals surface area contributed by atoms with Crippen molar-refractivity contribution in [3.8, 4) is 11.1 Å². The Balaban J connectivity index is 1.71. The van der Waals surface area contributed by atoms with Crippen molar-refractivity contribution < 1.29 is 19.4 Å². The zero-order chi connectivity index (χ0) is 17.8. The second-order valence-electron chi connectivity index (χ2n) is 5.84. The first-order valence-corrected chi connectivity index (χ1v) is 9.54. The second kappa shape index (κ2) is 7.86. The van der Waals surface area contributed by atoms with Gasteiger partial charge in [-0.25, -0.2) is 9.59 Å². The largest absolute Gasteiger partial charge is 0.480 e. The number of rotatable bonds is 6. The number of benzene rings is 2. The van der Waals surface area contributed by atoms with Gasteiger partial charge in [-0.3, -0.25) is 0 Å². The number of amides is 1. The first-order valence-electron chi connectivity index (χ1n) is 8.02. The Kier molecular flexibility index (Phi) is 5.57. The van der Waals surface area contributed by atoms with E-state index in [0.29, 0.717) is 10.8 Å². The molecule has 0 radical (unpaired) electrons. The molecule has 0 unspecified atom stereocenters. The first kappa shape index (κ1) is 17.7. The van der Waals surface area contributed by atoms with E-state index < -0.39 is 18.1 Å². The van der Waals surface area contributed by atoms with Gasteiger partial charge in [-0.15, -0.1) is 0 Å². The fourth-order valence-corrected chi connectivity index (χ4v) is 3.77. The topological polar surface area (TPSA) is 75.6 Å². The molecule has 0 heterocycles.